The minimum Gasteiger partial charge on any atom is -0.493 e. The molecule has 0 bridgehead atoms. The molecule has 1 aromatic carbocycles. The first kappa shape index (κ1) is 16.8. The molecule has 4 heteroatoms. The molecule has 0 radical (unpaired) electrons. The molecule has 3 N–H and O–H groups in total. The Bertz CT molecular complexity index is 561. The van der Waals surface area contributed by atoms with E-state index in [1.165, 1.54) is 5.56 Å². The van der Waals surface area contributed by atoms with Gasteiger partial charge in [0.15, 0.2) is 0 Å². The molecule has 2 unspecified atom stereocenters. The van der Waals surface area contributed by atoms with Crippen molar-refractivity contribution >= 4 is 5.91 Å². The van der Waals surface area contributed by atoms with Crippen LogP contribution in [0.15, 0.2) is 12.1 Å². The minimum atomic E-state index is -0.0528. The van der Waals surface area contributed by atoms with Gasteiger partial charge in [0.1, 0.15) is 5.75 Å². The van der Waals surface area contributed by atoms with Crippen LogP contribution in [-0.4, -0.2) is 12.5 Å². The molecule has 4 nitrogen and oxygen atoms in total. The molecule has 0 aliphatic carbocycles. The minimum absolute atomic E-state index is 0.0126. The fraction of sp³-hybridized carbons (Fsp3) is 0.611. The van der Waals surface area contributed by atoms with Crippen molar-refractivity contribution in [2.75, 3.05) is 6.61 Å². The lowest BCUT2D eigenvalue weighted by Crippen LogP contribution is -2.32. The molecule has 1 aromatic rings. The summed E-state index contributed by atoms with van der Waals surface area (Å²) >= 11 is 0. The van der Waals surface area contributed by atoms with Crippen LogP contribution in [0.4, 0.5) is 0 Å². The number of hydrogen-bond donors (Lipinski definition) is 2. The first-order chi connectivity index (χ1) is 10.2. The third-order valence-corrected chi connectivity index (χ3v) is 4.30. The van der Waals surface area contributed by atoms with E-state index in [1.807, 2.05) is 0 Å². The van der Waals surface area contributed by atoms with E-state index in [2.05, 4.69) is 45.1 Å². The van der Waals surface area contributed by atoms with E-state index in [9.17, 15) is 4.79 Å². The number of carbonyl (C=O) groups excluding carboxylic acids is 1. The topological polar surface area (TPSA) is 64.3 Å². The van der Waals surface area contributed by atoms with Crippen LogP contribution in [0.3, 0.4) is 0 Å². The first-order valence-corrected chi connectivity index (χ1v) is 8.06. The van der Waals surface area contributed by atoms with E-state index in [1.54, 1.807) is 6.92 Å². The molecule has 1 aliphatic heterocycles. The molecule has 1 heterocycles. The Kier molecular flexibility index (Phi) is 4.81. The number of hydrogen-bond acceptors (Lipinski definition) is 3. The molecule has 1 amide bonds. The third-order valence-electron chi connectivity index (χ3n) is 4.30. The Morgan fingerprint density at radius 1 is 1.45 bits per heavy atom. The van der Waals surface area contributed by atoms with Crippen molar-refractivity contribution in [3.05, 3.63) is 28.8 Å². The van der Waals surface area contributed by atoms with Gasteiger partial charge >= 0.3 is 0 Å². The van der Waals surface area contributed by atoms with Crippen molar-refractivity contribution in [2.45, 2.75) is 59.5 Å². The Hall–Kier alpha value is -1.55. The highest BCUT2D eigenvalue weighted by molar-refractivity contribution is 5.73. The van der Waals surface area contributed by atoms with Crippen molar-refractivity contribution < 1.29 is 9.53 Å². The van der Waals surface area contributed by atoms with Crippen LogP contribution in [0.25, 0.3) is 0 Å². The van der Waals surface area contributed by atoms with E-state index < -0.39 is 0 Å². The lowest BCUT2D eigenvalue weighted by molar-refractivity contribution is -0.119. The largest absolute Gasteiger partial charge is 0.493 e. The van der Waals surface area contributed by atoms with Gasteiger partial charge < -0.3 is 15.8 Å². The number of nitrogens with one attached hydrogen (secondary N) is 1. The van der Waals surface area contributed by atoms with Crippen LogP contribution in [-0.2, 0) is 11.2 Å². The number of ether oxygens (including phenoxy) is 1. The fourth-order valence-electron chi connectivity index (χ4n) is 2.95. The molecule has 22 heavy (non-hydrogen) atoms. The molecule has 0 aromatic heterocycles. The van der Waals surface area contributed by atoms with Gasteiger partial charge in [-0.05, 0) is 29.0 Å². The SMILES string of the molecule is CCc1cc(C(N)C(C)(C)C)cc2c1OCCC2NC(C)=O. The van der Waals surface area contributed by atoms with E-state index >= 15 is 0 Å². The van der Waals surface area contributed by atoms with Gasteiger partial charge in [0, 0.05) is 24.9 Å². The van der Waals surface area contributed by atoms with Crippen LogP contribution < -0.4 is 15.8 Å². The van der Waals surface area contributed by atoms with Crippen molar-refractivity contribution in [3.8, 4) is 5.75 Å². The normalized spacial score (nSPS) is 19.1. The molecule has 0 saturated heterocycles. The lowest BCUT2D eigenvalue weighted by Gasteiger charge is -2.32. The number of amides is 1. The zero-order valence-electron chi connectivity index (χ0n) is 14.3. The second kappa shape index (κ2) is 6.29. The molecule has 2 rings (SSSR count). The summed E-state index contributed by atoms with van der Waals surface area (Å²) in [6.45, 7) is 10.7. The Balaban J connectivity index is 2.50. The molecule has 122 valence electrons. The zero-order valence-corrected chi connectivity index (χ0v) is 14.3. The van der Waals surface area contributed by atoms with Gasteiger partial charge in [0.25, 0.3) is 0 Å². The molecule has 0 spiro atoms. The standard InChI is InChI=1S/C18H28N2O2/c1-6-12-9-13(17(19)18(3,4)5)10-14-15(20-11(2)21)7-8-22-16(12)14/h9-10,15,17H,6-8,19H2,1-5H3,(H,20,21). The molecule has 2 atom stereocenters. The first-order valence-electron chi connectivity index (χ1n) is 8.06. The lowest BCUT2D eigenvalue weighted by atomic mass is 9.81. The quantitative estimate of drug-likeness (QED) is 0.901. The van der Waals surface area contributed by atoms with Crippen LogP contribution in [0, 0.1) is 5.41 Å². The maximum Gasteiger partial charge on any atom is 0.217 e. The van der Waals surface area contributed by atoms with Gasteiger partial charge in [-0.15, -0.1) is 0 Å². The Morgan fingerprint density at radius 2 is 2.14 bits per heavy atom. The second-order valence-electron chi connectivity index (χ2n) is 7.19. The van der Waals surface area contributed by atoms with Crippen molar-refractivity contribution in [1.82, 2.24) is 5.32 Å². The summed E-state index contributed by atoms with van der Waals surface area (Å²) in [6.07, 6.45) is 1.68. The number of benzene rings is 1. The second-order valence-corrected chi connectivity index (χ2v) is 7.19. The molecular weight excluding hydrogens is 276 g/mol. The average Bonchev–Trinajstić information content (AvgIpc) is 2.44. The number of carbonyl (C=O) groups is 1. The predicted molar refractivity (Wildman–Crippen MR) is 88.9 cm³/mol. The van der Waals surface area contributed by atoms with Crippen LogP contribution in [0.2, 0.25) is 0 Å². The summed E-state index contributed by atoms with van der Waals surface area (Å²) in [5.74, 6) is 0.916. The summed E-state index contributed by atoms with van der Waals surface area (Å²) < 4.78 is 5.89. The van der Waals surface area contributed by atoms with Gasteiger partial charge in [0.2, 0.25) is 5.91 Å². The predicted octanol–water partition coefficient (Wildman–Crippen LogP) is 3.25. The van der Waals surface area contributed by atoms with Gasteiger partial charge in [-0.1, -0.05) is 33.8 Å². The van der Waals surface area contributed by atoms with E-state index in [0.29, 0.717) is 6.61 Å². The van der Waals surface area contributed by atoms with E-state index in [4.69, 9.17) is 10.5 Å². The van der Waals surface area contributed by atoms with Crippen LogP contribution >= 0.6 is 0 Å². The highest BCUT2D eigenvalue weighted by Crippen LogP contribution is 2.40. The fourth-order valence-corrected chi connectivity index (χ4v) is 2.95. The number of fused-ring (bicyclic) bond motifs is 1. The average molecular weight is 304 g/mol. The van der Waals surface area contributed by atoms with Crippen molar-refractivity contribution in [2.24, 2.45) is 11.1 Å². The Labute approximate surface area is 133 Å². The summed E-state index contributed by atoms with van der Waals surface area (Å²) in [5.41, 5.74) is 9.78. The van der Waals surface area contributed by atoms with Crippen molar-refractivity contribution in [1.29, 1.82) is 0 Å². The highest BCUT2D eigenvalue weighted by atomic mass is 16.5. The summed E-state index contributed by atoms with van der Waals surface area (Å²) in [5, 5.41) is 3.03. The van der Waals surface area contributed by atoms with Gasteiger partial charge in [-0.2, -0.15) is 0 Å². The van der Waals surface area contributed by atoms with E-state index in [-0.39, 0.29) is 23.4 Å². The summed E-state index contributed by atoms with van der Waals surface area (Å²) in [7, 11) is 0. The molecular formula is C18H28N2O2. The maximum atomic E-state index is 11.5. The number of aryl methyl sites for hydroxylation is 1. The van der Waals surface area contributed by atoms with E-state index in [0.717, 1.165) is 29.7 Å². The molecule has 1 aliphatic rings. The third kappa shape index (κ3) is 3.43. The van der Waals surface area contributed by atoms with Gasteiger partial charge in [-0.3, -0.25) is 4.79 Å². The Morgan fingerprint density at radius 3 is 2.68 bits per heavy atom. The monoisotopic (exact) mass is 304 g/mol. The summed E-state index contributed by atoms with van der Waals surface area (Å²) in [4.78, 5) is 11.5. The molecule has 0 saturated carbocycles. The zero-order chi connectivity index (χ0) is 16.5. The summed E-state index contributed by atoms with van der Waals surface area (Å²) in [6, 6.07) is 4.23. The van der Waals surface area contributed by atoms with Crippen molar-refractivity contribution in [3.63, 3.8) is 0 Å². The molecule has 0 fully saturated rings. The highest BCUT2D eigenvalue weighted by Gasteiger charge is 2.28. The van der Waals surface area contributed by atoms with Gasteiger partial charge in [-0.25, -0.2) is 0 Å². The smallest absolute Gasteiger partial charge is 0.217 e. The van der Waals surface area contributed by atoms with Crippen LogP contribution in [0.1, 0.15) is 69.8 Å². The van der Waals surface area contributed by atoms with Gasteiger partial charge in [0.05, 0.1) is 12.6 Å². The number of rotatable bonds is 3. The number of nitrogens with two attached hydrogens (primary N) is 1. The maximum absolute atomic E-state index is 11.5. The van der Waals surface area contributed by atoms with Crippen LogP contribution in [0.5, 0.6) is 5.75 Å².